The second kappa shape index (κ2) is 9.88. The van der Waals surface area contributed by atoms with Gasteiger partial charge in [0.2, 0.25) is 11.8 Å². The van der Waals surface area contributed by atoms with Crippen LogP contribution in [0.25, 0.3) is 4.85 Å². The van der Waals surface area contributed by atoms with Gasteiger partial charge in [-0.05, 0) is 55.0 Å². The highest BCUT2D eigenvalue weighted by Crippen LogP contribution is 2.32. The molecule has 2 N–H and O–H groups in total. The number of rotatable bonds is 6. The fraction of sp³-hybridized carbons (Fsp3) is 0.407. The van der Waals surface area contributed by atoms with Gasteiger partial charge in [-0.25, -0.2) is 4.85 Å². The number of carbonyl (C=O) groups excluding carboxylic acids is 3. The molecule has 1 unspecified atom stereocenters. The third kappa shape index (κ3) is 4.91. The molecule has 3 atom stereocenters. The van der Waals surface area contributed by atoms with Gasteiger partial charge >= 0.3 is 0 Å². The van der Waals surface area contributed by atoms with Crippen LogP contribution in [0.1, 0.15) is 60.0 Å². The van der Waals surface area contributed by atoms with Gasteiger partial charge in [0.25, 0.3) is 5.91 Å². The minimum Gasteiger partial charge on any atom is -0.489 e. The van der Waals surface area contributed by atoms with E-state index in [1.54, 1.807) is 11.0 Å². The van der Waals surface area contributed by atoms with Gasteiger partial charge in [-0.3, -0.25) is 19.7 Å². The number of carbonyl (C=O) groups is 3. The molecule has 2 aromatic rings. The number of ether oxygens (including phenoxy) is 1. The maximum atomic E-state index is 12.9. The van der Waals surface area contributed by atoms with Crippen LogP contribution in [-0.2, 0) is 22.7 Å². The zero-order chi connectivity index (χ0) is 24.4. The van der Waals surface area contributed by atoms with Gasteiger partial charge in [0, 0.05) is 31.1 Å². The maximum absolute atomic E-state index is 12.9. The van der Waals surface area contributed by atoms with Crippen molar-refractivity contribution in [2.24, 2.45) is 0 Å². The molecule has 2 heterocycles. The van der Waals surface area contributed by atoms with Gasteiger partial charge in [0.15, 0.2) is 5.69 Å². The highest BCUT2D eigenvalue weighted by atomic mass is 16.5. The van der Waals surface area contributed by atoms with E-state index in [2.05, 4.69) is 15.5 Å². The van der Waals surface area contributed by atoms with Gasteiger partial charge in [-0.1, -0.05) is 30.7 Å². The highest BCUT2D eigenvalue weighted by Gasteiger charge is 2.39. The molecule has 0 radical (unpaired) electrons. The van der Waals surface area contributed by atoms with Crippen molar-refractivity contribution in [1.82, 2.24) is 15.5 Å². The number of hydrogen-bond acceptors (Lipinski definition) is 5. The largest absolute Gasteiger partial charge is 0.489 e. The highest BCUT2D eigenvalue weighted by molar-refractivity contribution is 6.05. The van der Waals surface area contributed by atoms with E-state index in [0.29, 0.717) is 30.8 Å². The summed E-state index contributed by atoms with van der Waals surface area (Å²) >= 11 is 0. The van der Waals surface area contributed by atoms with Crippen molar-refractivity contribution in [2.75, 3.05) is 0 Å². The SMILES string of the molecule is [C-]#[N+]c1ccc(CN[C@H]2CCCC[C@@H]2Oc2ccc3c(c2)CN(C2CCC(=O)NC2=O)C3=O)cc1. The van der Waals surface area contributed by atoms with E-state index in [0.717, 1.165) is 42.6 Å². The second-order valence-corrected chi connectivity index (χ2v) is 9.43. The van der Waals surface area contributed by atoms with Gasteiger partial charge in [-0.2, -0.15) is 0 Å². The van der Waals surface area contributed by atoms with E-state index in [9.17, 15) is 14.4 Å². The number of fused-ring (bicyclic) bond motifs is 1. The molecule has 2 aliphatic heterocycles. The van der Waals surface area contributed by atoms with Gasteiger partial charge < -0.3 is 15.0 Å². The summed E-state index contributed by atoms with van der Waals surface area (Å²) in [6.45, 7) is 8.14. The zero-order valence-electron chi connectivity index (χ0n) is 19.5. The Balaban J connectivity index is 1.24. The molecule has 3 amide bonds. The average Bonchev–Trinajstić information content (AvgIpc) is 3.19. The first-order valence-corrected chi connectivity index (χ1v) is 12.2. The molecule has 35 heavy (non-hydrogen) atoms. The first-order valence-electron chi connectivity index (χ1n) is 12.2. The summed E-state index contributed by atoms with van der Waals surface area (Å²) in [5, 5.41) is 5.96. The molecular weight excluding hydrogens is 444 g/mol. The second-order valence-electron chi connectivity index (χ2n) is 9.43. The lowest BCUT2D eigenvalue weighted by Crippen LogP contribution is -2.52. The molecule has 2 aromatic carbocycles. The molecule has 1 aliphatic carbocycles. The van der Waals surface area contributed by atoms with Crippen molar-refractivity contribution in [3.8, 4) is 5.75 Å². The third-order valence-electron chi connectivity index (χ3n) is 7.12. The van der Waals surface area contributed by atoms with Crippen molar-refractivity contribution < 1.29 is 19.1 Å². The summed E-state index contributed by atoms with van der Waals surface area (Å²) in [6, 6.07) is 12.7. The van der Waals surface area contributed by atoms with E-state index in [1.165, 1.54) is 0 Å². The fourth-order valence-electron chi connectivity index (χ4n) is 5.21. The van der Waals surface area contributed by atoms with Crippen LogP contribution >= 0.6 is 0 Å². The first kappa shape index (κ1) is 23.1. The minimum absolute atomic E-state index is 0.0210. The van der Waals surface area contributed by atoms with Crippen LogP contribution < -0.4 is 15.4 Å². The maximum Gasteiger partial charge on any atom is 0.255 e. The van der Waals surface area contributed by atoms with Crippen LogP contribution in [0.2, 0.25) is 0 Å². The Morgan fingerprint density at radius 2 is 1.86 bits per heavy atom. The van der Waals surface area contributed by atoms with Gasteiger partial charge in [0.05, 0.1) is 6.57 Å². The molecular formula is C27H28N4O4. The molecule has 1 saturated heterocycles. The van der Waals surface area contributed by atoms with Crippen LogP contribution in [-0.4, -0.2) is 40.8 Å². The van der Waals surface area contributed by atoms with Crippen molar-refractivity contribution in [1.29, 1.82) is 0 Å². The van der Waals surface area contributed by atoms with Gasteiger partial charge in [0.1, 0.15) is 17.9 Å². The van der Waals surface area contributed by atoms with Crippen molar-refractivity contribution >= 4 is 23.4 Å². The molecule has 5 rings (SSSR count). The summed E-state index contributed by atoms with van der Waals surface area (Å²) in [5.74, 6) is -0.148. The molecule has 8 heteroatoms. The zero-order valence-corrected chi connectivity index (χ0v) is 19.5. The number of benzene rings is 2. The molecule has 3 aliphatic rings. The number of imide groups is 1. The fourth-order valence-corrected chi connectivity index (χ4v) is 5.21. The summed E-state index contributed by atoms with van der Waals surface area (Å²) < 4.78 is 6.41. The topological polar surface area (TPSA) is 92.1 Å². The molecule has 0 bridgehead atoms. The van der Waals surface area contributed by atoms with E-state index in [1.807, 2.05) is 36.4 Å². The van der Waals surface area contributed by atoms with Crippen LogP contribution in [0, 0.1) is 6.57 Å². The number of piperidine rings is 1. The normalized spacial score (nSPS) is 24.0. The van der Waals surface area contributed by atoms with Crippen LogP contribution in [0.4, 0.5) is 5.69 Å². The number of nitrogens with one attached hydrogen (secondary N) is 2. The Morgan fingerprint density at radius 1 is 1.06 bits per heavy atom. The Hall–Kier alpha value is -3.70. The summed E-state index contributed by atoms with van der Waals surface area (Å²) in [6.07, 6.45) is 4.84. The third-order valence-corrected chi connectivity index (χ3v) is 7.12. The monoisotopic (exact) mass is 472 g/mol. The summed E-state index contributed by atoms with van der Waals surface area (Å²) in [4.78, 5) is 41.7. The van der Waals surface area contributed by atoms with E-state index < -0.39 is 11.9 Å². The Bertz CT molecular complexity index is 1190. The summed E-state index contributed by atoms with van der Waals surface area (Å²) in [7, 11) is 0. The van der Waals surface area contributed by atoms with Crippen LogP contribution in [0.5, 0.6) is 5.75 Å². The molecule has 0 aromatic heterocycles. The standard InChI is InChI=1S/C27H28N4O4/c1-28-19-8-6-17(7-9-19)15-29-22-4-2-3-5-24(22)35-20-10-11-21-18(14-20)16-31(27(21)34)23-12-13-25(32)30-26(23)33/h6-11,14,22-24,29H,2-5,12-13,15-16H2,(H,30,32,33)/t22-,23?,24-/m0/s1. The lowest BCUT2D eigenvalue weighted by Gasteiger charge is -2.33. The van der Waals surface area contributed by atoms with Crippen molar-refractivity contribution in [2.45, 2.75) is 69.8 Å². The average molecular weight is 473 g/mol. The number of amides is 3. The Morgan fingerprint density at radius 3 is 2.63 bits per heavy atom. The van der Waals surface area contributed by atoms with Gasteiger partial charge in [-0.15, -0.1) is 0 Å². The molecule has 1 saturated carbocycles. The quantitative estimate of drug-likeness (QED) is 0.496. The number of nitrogens with zero attached hydrogens (tertiary/aromatic N) is 2. The van der Waals surface area contributed by atoms with Crippen LogP contribution in [0.15, 0.2) is 42.5 Å². The molecule has 8 nitrogen and oxygen atoms in total. The van der Waals surface area contributed by atoms with Crippen LogP contribution in [0.3, 0.4) is 0 Å². The molecule has 2 fully saturated rings. The minimum atomic E-state index is -0.618. The van der Waals surface area contributed by atoms with Crippen molar-refractivity contribution in [3.05, 3.63) is 70.6 Å². The van der Waals surface area contributed by atoms with Crippen molar-refractivity contribution in [3.63, 3.8) is 0 Å². The lowest BCUT2D eigenvalue weighted by atomic mass is 9.92. The van der Waals surface area contributed by atoms with E-state index >= 15 is 0 Å². The lowest BCUT2D eigenvalue weighted by molar-refractivity contribution is -0.136. The molecule has 0 spiro atoms. The predicted octanol–water partition coefficient (Wildman–Crippen LogP) is 3.48. The predicted molar refractivity (Wildman–Crippen MR) is 129 cm³/mol. The Kier molecular flexibility index (Phi) is 6.51. The van der Waals surface area contributed by atoms with E-state index in [4.69, 9.17) is 11.3 Å². The Labute approximate surface area is 204 Å². The smallest absolute Gasteiger partial charge is 0.255 e. The van der Waals surface area contributed by atoms with E-state index in [-0.39, 0.29) is 30.4 Å². The first-order chi connectivity index (χ1) is 17.0. The molecule has 180 valence electrons. The number of hydrogen-bond donors (Lipinski definition) is 2. The summed E-state index contributed by atoms with van der Waals surface area (Å²) in [5.41, 5.74) is 3.20.